The largest absolute Gasteiger partial charge is 0.481 e. The van der Waals surface area contributed by atoms with E-state index in [9.17, 15) is 9.59 Å². The maximum atomic E-state index is 11.9. The highest BCUT2D eigenvalue weighted by Gasteiger charge is 2.31. The summed E-state index contributed by atoms with van der Waals surface area (Å²) in [7, 11) is 0. The lowest BCUT2D eigenvalue weighted by molar-refractivity contribution is -0.148. The van der Waals surface area contributed by atoms with E-state index in [2.05, 4.69) is 5.32 Å². The maximum absolute atomic E-state index is 11.9. The van der Waals surface area contributed by atoms with Gasteiger partial charge in [0.25, 0.3) is 0 Å². The van der Waals surface area contributed by atoms with Crippen LogP contribution in [0.15, 0.2) is 30.3 Å². The molecule has 0 spiro atoms. The fraction of sp³-hybridized carbons (Fsp3) is 0.467. The minimum atomic E-state index is -0.956. The van der Waals surface area contributed by atoms with E-state index in [-0.39, 0.29) is 12.5 Å². The van der Waals surface area contributed by atoms with Crippen LogP contribution in [0.4, 0.5) is 0 Å². The fourth-order valence-corrected chi connectivity index (χ4v) is 1.73. The summed E-state index contributed by atoms with van der Waals surface area (Å²) in [5.74, 6) is -1.24. The van der Waals surface area contributed by atoms with E-state index in [1.54, 1.807) is 13.8 Å². The van der Waals surface area contributed by atoms with Crippen molar-refractivity contribution in [1.29, 1.82) is 0 Å². The minimum Gasteiger partial charge on any atom is -0.481 e. The number of nitrogens with two attached hydrogens (primary N) is 1. The second-order valence-electron chi connectivity index (χ2n) is 5.23. The van der Waals surface area contributed by atoms with Gasteiger partial charge in [0.05, 0.1) is 11.5 Å². The molecular weight excluding hydrogens is 256 g/mol. The number of carboxylic acids is 1. The quantitative estimate of drug-likeness (QED) is 0.698. The Labute approximate surface area is 119 Å². The van der Waals surface area contributed by atoms with Gasteiger partial charge in [-0.05, 0) is 25.3 Å². The molecule has 1 aromatic rings. The van der Waals surface area contributed by atoms with Crippen molar-refractivity contribution in [3.63, 3.8) is 0 Å². The Kier molecular flexibility index (Phi) is 5.70. The van der Waals surface area contributed by atoms with Gasteiger partial charge in [0.15, 0.2) is 0 Å². The van der Waals surface area contributed by atoms with Crippen molar-refractivity contribution in [2.75, 3.05) is 6.54 Å². The topological polar surface area (TPSA) is 92.4 Å². The molecule has 20 heavy (non-hydrogen) atoms. The molecule has 0 saturated carbocycles. The predicted octanol–water partition coefficient (Wildman–Crippen LogP) is 1.17. The van der Waals surface area contributed by atoms with Gasteiger partial charge in [0.1, 0.15) is 0 Å². The van der Waals surface area contributed by atoms with E-state index in [1.807, 2.05) is 30.3 Å². The van der Waals surface area contributed by atoms with E-state index < -0.39 is 17.4 Å². The highest BCUT2D eigenvalue weighted by atomic mass is 16.4. The zero-order chi connectivity index (χ0) is 15.2. The second-order valence-corrected chi connectivity index (χ2v) is 5.23. The number of nitrogens with one attached hydrogen (secondary N) is 1. The van der Waals surface area contributed by atoms with Crippen molar-refractivity contribution in [1.82, 2.24) is 5.32 Å². The average molecular weight is 278 g/mol. The van der Waals surface area contributed by atoms with Crippen LogP contribution < -0.4 is 11.1 Å². The molecule has 1 rings (SSSR count). The molecule has 0 aliphatic heterocycles. The van der Waals surface area contributed by atoms with Gasteiger partial charge in [-0.3, -0.25) is 9.59 Å². The van der Waals surface area contributed by atoms with Crippen molar-refractivity contribution < 1.29 is 14.7 Å². The zero-order valence-electron chi connectivity index (χ0n) is 11.9. The lowest BCUT2D eigenvalue weighted by atomic mass is 9.87. The molecule has 0 fully saturated rings. The van der Waals surface area contributed by atoms with Crippen LogP contribution >= 0.6 is 0 Å². The molecule has 0 aliphatic carbocycles. The Morgan fingerprint density at radius 1 is 1.35 bits per heavy atom. The summed E-state index contributed by atoms with van der Waals surface area (Å²) in [6.07, 6.45) is 0.874. The van der Waals surface area contributed by atoms with Crippen molar-refractivity contribution in [3.8, 4) is 0 Å². The molecule has 0 radical (unpaired) electrons. The highest BCUT2D eigenvalue weighted by Crippen LogP contribution is 2.19. The van der Waals surface area contributed by atoms with E-state index in [0.717, 1.165) is 5.56 Å². The Hall–Kier alpha value is -1.88. The smallest absolute Gasteiger partial charge is 0.311 e. The summed E-state index contributed by atoms with van der Waals surface area (Å²) in [6.45, 7) is 3.47. The van der Waals surface area contributed by atoms with Crippen molar-refractivity contribution >= 4 is 11.9 Å². The Morgan fingerprint density at radius 2 is 1.95 bits per heavy atom. The van der Waals surface area contributed by atoms with Crippen LogP contribution in [0.2, 0.25) is 0 Å². The van der Waals surface area contributed by atoms with E-state index >= 15 is 0 Å². The van der Waals surface area contributed by atoms with Gasteiger partial charge in [-0.25, -0.2) is 0 Å². The van der Waals surface area contributed by atoms with Gasteiger partial charge in [-0.15, -0.1) is 0 Å². The molecule has 0 bridgehead atoms. The third-order valence-electron chi connectivity index (χ3n) is 3.58. The summed E-state index contributed by atoms with van der Waals surface area (Å²) >= 11 is 0. The molecular formula is C15H22N2O3. The summed E-state index contributed by atoms with van der Waals surface area (Å²) in [5.41, 5.74) is 5.86. The lowest BCUT2D eigenvalue weighted by Crippen LogP contribution is -2.47. The molecule has 0 aliphatic rings. The zero-order valence-corrected chi connectivity index (χ0v) is 11.9. The lowest BCUT2D eigenvalue weighted by Gasteiger charge is -2.24. The second kappa shape index (κ2) is 7.05. The number of carbonyl (C=O) groups is 2. The maximum Gasteiger partial charge on any atom is 0.311 e. The first-order chi connectivity index (χ1) is 9.39. The first-order valence-corrected chi connectivity index (χ1v) is 6.69. The summed E-state index contributed by atoms with van der Waals surface area (Å²) in [6, 6.07) is 8.81. The van der Waals surface area contributed by atoms with Crippen LogP contribution in [0.1, 0.15) is 25.8 Å². The van der Waals surface area contributed by atoms with Crippen molar-refractivity contribution in [2.24, 2.45) is 11.1 Å². The Balaban J connectivity index is 2.52. The normalized spacial score (nSPS) is 15.2. The molecule has 5 heteroatoms. The third kappa shape index (κ3) is 4.35. The van der Waals surface area contributed by atoms with Gasteiger partial charge in [-0.2, -0.15) is 0 Å². The SMILES string of the molecule is CCC(C)(CNC(=O)[C@@H](N)Cc1ccccc1)C(=O)O. The van der Waals surface area contributed by atoms with Crippen molar-refractivity contribution in [2.45, 2.75) is 32.7 Å². The van der Waals surface area contributed by atoms with Crippen molar-refractivity contribution in [3.05, 3.63) is 35.9 Å². The number of aliphatic carboxylic acids is 1. The predicted molar refractivity (Wildman–Crippen MR) is 77.2 cm³/mol. The van der Waals surface area contributed by atoms with Gasteiger partial charge in [0, 0.05) is 6.54 Å². The number of hydrogen-bond donors (Lipinski definition) is 3. The molecule has 0 heterocycles. The fourth-order valence-electron chi connectivity index (χ4n) is 1.73. The average Bonchev–Trinajstić information content (AvgIpc) is 2.45. The van der Waals surface area contributed by atoms with Crippen LogP contribution in [0.5, 0.6) is 0 Å². The van der Waals surface area contributed by atoms with E-state index in [1.165, 1.54) is 0 Å². The third-order valence-corrected chi connectivity index (χ3v) is 3.58. The minimum absolute atomic E-state index is 0.0835. The molecule has 110 valence electrons. The monoisotopic (exact) mass is 278 g/mol. The van der Waals surface area contributed by atoms with Crippen LogP contribution in [-0.4, -0.2) is 29.6 Å². The molecule has 4 N–H and O–H groups in total. The van der Waals surface area contributed by atoms with Gasteiger partial charge in [-0.1, -0.05) is 37.3 Å². The number of rotatable bonds is 7. The Bertz CT molecular complexity index is 461. The summed E-state index contributed by atoms with van der Waals surface area (Å²) < 4.78 is 0. The van der Waals surface area contributed by atoms with Crippen LogP contribution in [-0.2, 0) is 16.0 Å². The molecule has 2 atom stereocenters. The van der Waals surface area contributed by atoms with Gasteiger partial charge in [0.2, 0.25) is 5.91 Å². The van der Waals surface area contributed by atoms with Crippen LogP contribution in [0.3, 0.4) is 0 Å². The standard InChI is InChI=1S/C15H22N2O3/c1-3-15(2,14(19)20)10-17-13(18)12(16)9-11-7-5-4-6-8-11/h4-8,12H,3,9-10,16H2,1-2H3,(H,17,18)(H,19,20)/t12-,15?/m0/s1. The molecule has 5 nitrogen and oxygen atoms in total. The summed E-state index contributed by atoms with van der Waals surface area (Å²) in [4.78, 5) is 23.0. The molecule has 1 aromatic carbocycles. The van der Waals surface area contributed by atoms with Gasteiger partial charge >= 0.3 is 5.97 Å². The first kappa shape index (κ1) is 16.2. The summed E-state index contributed by atoms with van der Waals surface area (Å²) in [5, 5.41) is 11.8. The number of benzene rings is 1. The van der Waals surface area contributed by atoms with E-state index in [0.29, 0.717) is 12.8 Å². The van der Waals surface area contributed by atoms with Gasteiger partial charge < -0.3 is 16.2 Å². The molecule has 1 amide bonds. The van der Waals surface area contributed by atoms with Crippen LogP contribution in [0.25, 0.3) is 0 Å². The molecule has 0 saturated heterocycles. The first-order valence-electron chi connectivity index (χ1n) is 6.69. The number of carboxylic acid groups (broad SMARTS) is 1. The number of amides is 1. The number of hydrogen-bond acceptors (Lipinski definition) is 3. The van der Waals surface area contributed by atoms with E-state index in [4.69, 9.17) is 10.8 Å². The Morgan fingerprint density at radius 3 is 2.45 bits per heavy atom. The van der Waals surface area contributed by atoms with Crippen LogP contribution in [0, 0.1) is 5.41 Å². The highest BCUT2D eigenvalue weighted by molar-refractivity contribution is 5.83. The number of carbonyl (C=O) groups excluding carboxylic acids is 1. The molecule has 1 unspecified atom stereocenters. The molecule has 0 aromatic heterocycles.